The lowest BCUT2D eigenvalue weighted by molar-refractivity contribution is 0.0627. The molecule has 9 heteroatoms. The lowest BCUT2D eigenvalue weighted by atomic mass is 10.1. The van der Waals surface area contributed by atoms with Crippen LogP contribution in [0.25, 0.3) is 4.96 Å². The van der Waals surface area contributed by atoms with Gasteiger partial charge in [0.1, 0.15) is 11.5 Å². The summed E-state index contributed by atoms with van der Waals surface area (Å²) in [6.07, 6.45) is 1.73. The lowest BCUT2D eigenvalue weighted by Gasteiger charge is -2.34. The second-order valence-corrected chi connectivity index (χ2v) is 8.85. The monoisotopic (exact) mass is 471 g/mol. The summed E-state index contributed by atoms with van der Waals surface area (Å²) >= 11 is 1.44. The average Bonchev–Trinajstić information content (AvgIpc) is 3.34. The molecule has 3 heterocycles. The van der Waals surface area contributed by atoms with E-state index >= 15 is 0 Å². The van der Waals surface area contributed by atoms with Crippen LogP contribution in [0.3, 0.4) is 0 Å². The van der Waals surface area contributed by atoms with Crippen LogP contribution in [-0.4, -0.2) is 51.3 Å². The fraction of sp³-hybridized carbons (Fsp3) is 0.200. The Morgan fingerprint density at radius 1 is 1.06 bits per heavy atom. The fourth-order valence-electron chi connectivity index (χ4n) is 3.92. The Hall–Kier alpha value is -4.00. The number of piperazine rings is 1. The summed E-state index contributed by atoms with van der Waals surface area (Å²) in [7, 11) is 0. The van der Waals surface area contributed by atoms with Crippen LogP contribution in [0.5, 0.6) is 11.5 Å². The largest absolute Gasteiger partial charge is 0.457 e. The molecular formula is C25H21N5O3S. The number of carbonyl (C=O) groups excluding carboxylic acids is 1. The highest BCUT2D eigenvalue weighted by atomic mass is 32.1. The standard InChI is InChI=1S/C25H21N5O3S/c26-16-18-4-6-21(7-5-18)33-22-3-1-2-19(14-22)24(32)29-10-8-28(9-11-29)17-20-15-23(31)30-12-13-34-25(30)27-20/h1-7,12-15H,8-11,17H2. The summed E-state index contributed by atoms with van der Waals surface area (Å²) in [6, 6.07) is 17.6. The molecule has 0 spiro atoms. The Labute approximate surface area is 199 Å². The van der Waals surface area contributed by atoms with Gasteiger partial charge in [0.2, 0.25) is 0 Å². The van der Waals surface area contributed by atoms with Gasteiger partial charge in [-0.1, -0.05) is 6.07 Å². The zero-order valence-corrected chi connectivity index (χ0v) is 19.1. The van der Waals surface area contributed by atoms with Crippen LogP contribution in [0.1, 0.15) is 21.6 Å². The first-order valence-corrected chi connectivity index (χ1v) is 11.7. The van der Waals surface area contributed by atoms with Crippen molar-refractivity contribution in [3.05, 3.63) is 93.3 Å². The molecule has 0 radical (unpaired) electrons. The summed E-state index contributed by atoms with van der Waals surface area (Å²) in [5.41, 5.74) is 1.81. The molecule has 5 rings (SSSR count). The van der Waals surface area contributed by atoms with Crippen molar-refractivity contribution in [2.75, 3.05) is 26.2 Å². The number of amides is 1. The quantitative estimate of drug-likeness (QED) is 0.443. The molecule has 1 aliphatic rings. The van der Waals surface area contributed by atoms with Gasteiger partial charge in [-0.05, 0) is 42.5 Å². The molecule has 4 aromatic rings. The van der Waals surface area contributed by atoms with Gasteiger partial charge in [-0.25, -0.2) is 4.98 Å². The van der Waals surface area contributed by atoms with Crippen LogP contribution in [0.15, 0.2) is 71.0 Å². The zero-order chi connectivity index (χ0) is 23.5. The molecule has 0 saturated carbocycles. The van der Waals surface area contributed by atoms with Gasteiger partial charge >= 0.3 is 0 Å². The lowest BCUT2D eigenvalue weighted by Crippen LogP contribution is -2.48. The van der Waals surface area contributed by atoms with E-state index in [0.29, 0.717) is 60.3 Å². The van der Waals surface area contributed by atoms with Gasteiger partial charge in [0.25, 0.3) is 11.5 Å². The maximum absolute atomic E-state index is 13.1. The smallest absolute Gasteiger partial charge is 0.258 e. The number of thiazole rings is 1. The molecule has 1 aliphatic heterocycles. The first-order chi connectivity index (χ1) is 16.6. The molecule has 0 bridgehead atoms. The topological polar surface area (TPSA) is 90.9 Å². The van der Waals surface area contributed by atoms with E-state index < -0.39 is 0 Å². The zero-order valence-electron chi connectivity index (χ0n) is 18.3. The van der Waals surface area contributed by atoms with Gasteiger partial charge in [-0.3, -0.25) is 18.9 Å². The Bertz CT molecular complexity index is 1430. The van der Waals surface area contributed by atoms with Crippen LogP contribution in [0.2, 0.25) is 0 Å². The van der Waals surface area contributed by atoms with Gasteiger partial charge in [0.05, 0.1) is 17.3 Å². The third-order valence-corrected chi connectivity index (χ3v) is 6.46. The van der Waals surface area contributed by atoms with Crippen molar-refractivity contribution in [2.24, 2.45) is 0 Å². The van der Waals surface area contributed by atoms with Crippen LogP contribution in [0, 0.1) is 11.3 Å². The van der Waals surface area contributed by atoms with Crippen molar-refractivity contribution in [3.8, 4) is 17.6 Å². The Morgan fingerprint density at radius 3 is 2.62 bits per heavy atom. The fourth-order valence-corrected chi connectivity index (χ4v) is 4.65. The van der Waals surface area contributed by atoms with E-state index in [4.69, 9.17) is 10.00 Å². The maximum atomic E-state index is 13.1. The molecule has 34 heavy (non-hydrogen) atoms. The van der Waals surface area contributed by atoms with Gasteiger partial charge in [0.15, 0.2) is 4.96 Å². The molecule has 8 nitrogen and oxygen atoms in total. The highest BCUT2D eigenvalue weighted by molar-refractivity contribution is 7.15. The van der Waals surface area contributed by atoms with Crippen LogP contribution in [-0.2, 0) is 6.54 Å². The number of ether oxygens (including phenoxy) is 1. The summed E-state index contributed by atoms with van der Waals surface area (Å²) in [4.78, 5) is 34.6. The number of benzene rings is 2. The second kappa shape index (κ2) is 9.47. The first-order valence-electron chi connectivity index (χ1n) is 10.8. The van der Waals surface area contributed by atoms with Crippen LogP contribution in [0.4, 0.5) is 0 Å². The Morgan fingerprint density at radius 2 is 1.85 bits per heavy atom. The number of nitriles is 1. The van der Waals surface area contributed by atoms with E-state index in [1.54, 1.807) is 65.2 Å². The van der Waals surface area contributed by atoms with Crippen molar-refractivity contribution in [1.82, 2.24) is 19.2 Å². The number of rotatable bonds is 5. The maximum Gasteiger partial charge on any atom is 0.258 e. The third-order valence-electron chi connectivity index (χ3n) is 5.70. The molecule has 0 N–H and O–H groups in total. The highest BCUT2D eigenvalue weighted by Crippen LogP contribution is 2.23. The Balaban J connectivity index is 1.20. The molecule has 0 aliphatic carbocycles. The predicted molar refractivity (Wildman–Crippen MR) is 128 cm³/mol. The van der Waals surface area contributed by atoms with E-state index in [1.165, 1.54) is 11.3 Å². The molecule has 1 saturated heterocycles. The van der Waals surface area contributed by atoms with E-state index in [1.807, 2.05) is 10.3 Å². The van der Waals surface area contributed by atoms with Crippen molar-refractivity contribution in [2.45, 2.75) is 6.54 Å². The molecular weight excluding hydrogens is 450 g/mol. The van der Waals surface area contributed by atoms with Crippen LogP contribution >= 0.6 is 11.3 Å². The van der Waals surface area contributed by atoms with Gasteiger partial charge in [0, 0.05) is 55.9 Å². The van der Waals surface area contributed by atoms with Crippen molar-refractivity contribution in [1.29, 1.82) is 5.26 Å². The summed E-state index contributed by atoms with van der Waals surface area (Å²) in [5, 5.41) is 10.8. The van der Waals surface area contributed by atoms with Crippen molar-refractivity contribution < 1.29 is 9.53 Å². The average molecular weight is 472 g/mol. The normalized spacial score (nSPS) is 14.1. The van der Waals surface area contributed by atoms with Crippen molar-refractivity contribution >= 4 is 22.2 Å². The number of aromatic nitrogens is 2. The minimum Gasteiger partial charge on any atom is -0.457 e. The molecule has 2 aromatic heterocycles. The summed E-state index contributed by atoms with van der Waals surface area (Å²) in [5.74, 6) is 1.13. The molecule has 170 valence electrons. The van der Waals surface area contributed by atoms with Gasteiger partial charge in [-0.15, -0.1) is 11.3 Å². The summed E-state index contributed by atoms with van der Waals surface area (Å²) in [6.45, 7) is 3.19. The highest BCUT2D eigenvalue weighted by Gasteiger charge is 2.23. The SMILES string of the molecule is N#Cc1ccc(Oc2cccc(C(=O)N3CCN(Cc4cc(=O)n5ccsc5n4)CC3)c2)cc1. The molecule has 2 aromatic carbocycles. The number of hydrogen-bond acceptors (Lipinski definition) is 7. The molecule has 0 atom stereocenters. The minimum atomic E-state index is -0.0711. The van der Waals surface area contributed by atoms with E-state index in [2.05, 4.69) is 16.0 Å². The van der Waals surface area contributed by atoms with E-state index in [-0.39, 0.29) is 11.5 Å². The number of nitrogens with zero attached hydrogens (tertiary/aromatic N) is 5. The van der Waals surface area contributed by atoms with Gasteiger partial charge < -0.3 is 9.64 Å². The molecule has 1 amide bonds. The Kier molecular flexibility index (Phi) is 6.08. The third kappa shape index (κ3) is 4.69. The van der Waals surface area contributed by atoms with Gasteiger partial charge in [-0.2, -0.15) is 5.26 Å². The van der Waals surface area contributed by atoms with E-state index in [9.17, 15) is 9.59 Å². The number of fused-ring (bicyclic) bond motifs is 1. The number of carbonyl (C=O) groups is 1. The van der Waals surface area contributed by atoms with Crippen LogP contribution < -0.4 is 10.3 Å². The van der Waals surface area contributed by atoms with Crippen molar-refractivity contribution in [3.63, 3.8) is 0 Å². The van der Waals surface area contributed by atoms with E-state index in [0.717, 1.165) is 5.69 Å². The first kappa shape index (κ1) is 21.8. The number of hydrogen-bond donors (Lipinski definition) is 0. The summed E-state index contributed by atoms with van der Waals surface area (Å²) < 4.78 is 7.40. The minimum absolute atomic E-state index is 0.0405. The second-order valence-electron chi connectivity index (χ2n) is 7.98. The molecule has 0 unspecified atom stereocenters. The predicted octanol–water partition coefficient (Wildman–Crippen LogP) is 3.38. The molecule has 1 fully saturated rings.